The summed E-state index contributed by atoms with van der Waals surface area (Å²) in [6, 6.07) is 0. The molecule has 0 N–H and O–H groups in total. The minimum Gasteiger partial charge on any atom is -0.469 e. The van der Waals surface area contributed by atoms with Gasteiger partial charge in [-0.3, -0.25) is 9.59 Å². The summed E-state index contributed by atoms with van der Waals surface area (Å²) in [7, 11) is 1.37. The van der Waals surface area contributed by atoms with Crippen molar-refractivity contribution in [2.75, 3.05) is 18.6 Å². The Morgan fingerprint density at radius 1 is 1.43 bits per heavy atom. The molecule has 0 spiro atoms. The molecule has 0 aliphatic rings. The maximum Gasteiger partial charge on any atom is 0.306 e. The van der Waals surface area contributed by atoms with Gasteiger partial charge >= 0.3 is 5.97 Å². The Labute approximate surface area is 89.6 Å². The lowest BCUT2D eigenvalue weighted by Crippen LogP contribution is -2.13. The highest BCUT2D eigenvalue weighted by Gasteiger charge is 2.10. The third-order valence-corrected chi connectivity index (χ3v) is 3.07. The van der Waals surface area contributed by atoms with E-state index in [0.717, 1.165) is 6.42 Å². The van der Waals surface area contributed by atoms with Gasteiger partial charge in [0.15, 0.2) is 0 Å². The molecule has 0 aromatic carbocycles. The predicted octanol–water partition coefficient (Wildman–Crippen LogP) is 1.90. The van der Waals surface area contributed by atoms with Gasteiger partial charge in [0.1, 0.15) is 5.78 Å². The molecule has 0 heterocycles. The minimum absolute atomic E-state index is 0.139. The molecule has 0 aromatic heterocycles. The summed E-state index contributed by atoms with van der Waals surface area (Å²) in [6.07, 6.45) is 1.27. The van der Waals surface area contributed by atoms with E-state index >= 15 is 0 Å². The Morgan fingerprint density at radius 3 is 2.57 bits per heavy atom. The zero-order valence-electron chi connectivity index (χ0n) is 9.04. The van der Waals surface area contributed by atoms with Crippen LogP contribution in [0.2, 0.25) is 0 Å². The van der Waals surface area contributed by atoms with Crippen molar-refractivity contribution in [3.8, 4) is 0 Å². The van der Waals surface area contributed by atoms with Crippen LogP contribution in [0.5, 0.6) is 0 Å². The van der Waals surface area contributed by atoms with Gasteiger partial charge in [-0.15, -0.1) is 0 Å². The Hall–Kier alpha value is -0.510. The van der Waals surface area contributed by atoms with Crippen molar-refractivity contribution in [3.63, 3.8) is 0 Å². The van der Waals surface area contributed by atoms with Crippen molar-refractivity contribution in [1.29, 1.82) is 0 Å². The van der Waals surface area contributed by atoms with Gasteiger partial charge in [0.05, 0.1) is 19.3 Å². The smallest absolute Gasteiger partial charge is 0.306 e. The van der Waals surface area contributed by atoms with E-state index in [1.807, 2.05) is 13.8 Å². The van der Waals surface area contributed by atoms with E-state index in [2.05, 4.69) is 4.74 Å². The number of rotatable bonds is 7. The van der Waals surface area contributed by atoms with Crippen LogP contribution in [0.3, 0.4) is 0 Å². The summed E-state index contributed by atoms with van der Waals surface area (Å²) in [5.41, 5.74) is 0. The molecule has 0 saturated heterocycles. The third-order valence-electron chi connectivity index (χ3n) is 2.08. The lowest BCUT2D eigenvalue weighted by molar-refractivity contribution is -0.140. The van der Waals surface area contributed by atoms with Crippen LogP contribution in [0.15, 0.2) is 0 Å². The molecule has 0 rings (SSSR count). The van der Waals surface area contributed by atoms with Crippen LogP contribution >= 0.6 is 11.8 Å². The van der Waals surface area contributed by atoms with Crippen molar-refractivity contribution < 1.29 is 14.3 Å². The molecule has 0 aliphatic heterocycles. The molecule has 0 fully saturated rings. The second-order valence-corrected chi connectivity index (χ2v) is 4.26. The fraction of sp³-hybridized carbons (Fsp3) is 0.800. The molecular weight excluding hydrogens is 200 g/mol. The van der Waals surface area contributed by atoms with Crippen molar-refractivity contribution in [3.05, 3.63) is 0 Å². The molecule has 82 valence electrons. The topological polar surface area (TPSA) is 43.4 Å². The molecule has 0 amide bonds. The van der Waals surface area contributed by atoms with Crippen molar-refractivity contribution in [2.45, 2.75) is 26.7 Å². The Balaban J connectivity index is 3.45. The zero-order chi connectivity index (χ0) is 11.0. The van der Waals surface area contributed by atoms with Crippen LogP contribution in [0, 0.1) is 5.92 Å². The summed E-state index contributed by atoms with van der Waals surface area (Å²) in [4.78, 5) is 22.1. The minimum atomic E-state index is -0.214. The van der Waals surface area contributed by atoms with E-state index in [9.17, 15) is 9.59 Å². The summed E-state index contributed by atoms with van der Waals surface area (Å²) < 4.78 is 4.49. The van der Waals surface area contributed by atoms with Crippen LogP contribution in [0.4, 0.5) is 0 Å². The Kier molecular flexibility index (Phi) is 7.57. The van der Waals surface area contributed by atoms with E-state index in [-0.39, 0.29) is 17.7 Å². The number of hydrogen-bond acceptors (Lipinski definition) is 4. The van der Waals surface area contributed by atoms with Gasteiger partial charge in [0, 0.05) is 11.7 Å². The highest BCUT2D eigenvalue weighted by molar-refractivity contribution is 7.99. The monoisotopic (exact) mass is 218 g/mol. The lowest BCUT2D eigenvalue weighted by atomic mass is 10.1. The normalized spacial score (nSPS) is 12.2. The van der Waals surface area contributed by atoms with Gasteiger partial charge in [-0.1, -0.05) is 13.8 Å². The van der Waals surface area contributed by atoms with Crippen LogP contribution in [-0.4, -0.2) is 30.4 Å². The second kappa shape index (κ2) is 7.85. The predicted molar refractivity (Wildman–Crippen MR) is 58.4 cm³/mol. The quantitative estimate of drug-likeness (QED) is 0.483. The average molecular weight is 218 g/mol. The van der Waals surface area contributed by atoms with Gasteiger partial charge in [-0.2, -0.15) is 11.8 Å². The van der Waals surface area contributed by atoms with E-state index in [0.29, 0.717) is 17.9 Å². The second-order valence-electron chi connectivity index (χ2n) is 3.15. The number of hydrogen-bond donors (Lipinski definition) is 0. The molecule has 1 atom stereocenters. The van der Waals surface area contributed by atoms with Crippen molar-refractivity contribution in [2.24, 2.45) is 5.92 Å². The van der Waals surface area contributed by atoms with Gasteiger partial charge in [0.25, 0.3) is 0 Å². The van der Waals surface area contributed by atoms with Crippen LogP contribution in [0.1, 0.15) is 26.7 Å². The molecule has 4 heteroatoms. The molecular formula is C10H18O3S. The number of ketones is 1. The van der Waals surface area contributed by atoms with Crippen molar-refractivity contribution >= 4 is 23.5 Å². The number of thioether (sulfide) groups is 1. The number of ether oxygens (including phenoxy) is 1. The van der Waals surface area contributed by atoms with Crippen LogP contribution < -0.4 is 0 Å². The summed E-state index contributed by atoms with van der Waals surface area (Å²) in [6.45, 7) is 3.94. The standard InChI is InChI=1S/C10H18O3S/c1-4-8(2)9(11)7-14-6-5-10(12)13-3/h8H,4-7H2,1-3H3. The largest absolute Gasteiger partial charge is 0.469 e. The molecule has 3 nitrogen and oxygen atoms in total. The number of carbonyl (C=O) groups excluding carboxylic acids is 2. The molecule has 0 bridgehead atoms. The number of methoxy groups -OCH3 is 1. The molecule has 1 unspecified atom stereocenters. The van der Waals surface area contributed by atoms with Gasteiger partial charge < -0.3 is 4.74 Å². The summed E-state index contributed by atoms with van der Waals surface area (Å²) >= 11 is 1.50. The average Bonchev–Trinajstić information content (AvgIpc) is 2.22. The van der Waals surface area contributed by atoms with Gasteiger partial charge in [-0.05, 0) is 6.42 Å². The highest BCUT2D eigenvalue weighted by atomic mass is 32.2. The maximum atomic E-state index is 11.4. The molecule has 14 heavy (non-hydrogen) atoms. The molecule has 0 aromatic rings. The maximum absolute atomic E-state index is 11.4. The molecule has 0 radical (unpaired) electrons. The highest BCUT2D eigenvalue weighted by Crippen LogP contribution is 2.09. The first-order valence-electron chi connectivity index (χ1n) is 4.79. The van der Waals surface area contributed by atoms with Gasteiger partial charge in [-0.25, -0.2) is 0 Å². The number of Topliss-reactive ketones (excluding diaryl/α,β-unsaturated/α-hetero) is 1. The summed E-state index contributed by atoms with van der Waals surface area (Å²) in [5.74, 6) is 1.36. The van der Waals surface area contributed by atoms with Gasteiger partial charge in [0.2, 0.25) is 0 Å². The Morgan fingerprint density at radius 2 is 2.07 bits per heavy atom. The van der Waals surface area contributed by atoms with E-state index < -0.39 is 0 Å². The number of esters is 1. The van der Waals surface area contributed by atoms with E-state index in [4.69, 9.17) is 0 Å². The zero-order valence-corrected chi connectivity index (χ0v) is 9.86. The summed E-state index contributed by atoms with van der Waals surface area (Å²) in [5, 5.41) is 0. The lowest BCUT2D eigenvalue weighted by Gasteiger charge is -2.06. The SMILES string of the molecule is CCC(C)C(=O)CSCCC(=O)OC. The fourth-order valence-corrected chi connectivity index (χ4v) is 1.74. The first-order chi connectivity index (χ1) is 6.61. The van der Waals surface area contributed by atoms with Crippen LogP contribution in [-0.2, 0) is 14.3 Å². The molecule has 0 aliphatic carbocycles. The first kappa shape index (κ1) is 13.5. The number of carbonyl (C=O) groups is 2. The molecule has 0 saturated carbocycles. The fourth-order valence-electron chi connectivity index (χ4n) is 0.800. The van der Waals surface area contributed by atoms with E-state index in [1.165, 1.54) is 18.9 Å². The first-order valence-corrected chi connectivity index (χ1v) is 5.94. The van der Waals surface area contributed by atoms with Crippen molar-refractivity contribution in [1.82, 2.24) is 0 Å². The third kappa shape index (κ3) is 6.02. The Bertz CT molecular complexity index is 192. The van der Waals surface area contributed by atoms with Crippen LogP contribution in [0.25, 0.3) is 0 Å². The van der Waals surface area contributed by atoms with E-state index in [1.54, 1.807) is 0 Å².